The predicted molar refractivity (Wildman–Crippen MR) is 103 cm³/mol. The third kappa shape index (κ3) is 3.40. The normalized spacial score (nSPS) is 14.6. The van der Waals surface area contributed by atoms with Gasteiger partial charge in [-0.3, -0.25) is 4.79 Å². The molecule has 134 valence electrons. The molecule has 26 heavy (non-hydrogen) atoms. The fourth-order valence-electron chi connectivity index (χ4n) is 3.59. The van der Waals surface area contributed by atoms with Crippen LogP contribution in [0.4, 0.5) is 11.6 Å². The summed E-state index contributed by atoms with van der Waals surface area (Å²) in [5, 5.41) is 4.02. The number of para-hydroxylation sites is 1. The maximum atomic E-state index is 12.4. The Morgan fingerprint density at radius 1 is 1.12 bits per heavy atom. The molecule has 6 heteroatoms. The molecule has 0 radical (unpaired) electrons. The SMILES string of the molecule is Cn1cc(CC(=O)Nc2cnc(N3CCCCC3)nc2)c2ccccc21. The van der Waals surface area contributed by atoms with E-state index in [9.17, 15) is 4.79 Å². The molecule has 4 rings (SSSR count). The number of benzene rings is 1. The molecule has 0 aliphatic carbocycles. The number of piperidine rings is 1. The zero-order valence-electron chi connectivity index (χ0n) is 15.0. The van der Waals surface area contributed by atoms with Crippen molar-refractivity contribution >= 4 is 28.4 Å². The summed E-state index contributed by atoms with van der Waals surface area (Å²) in [6.07, 6.45) is 9.38. The van der Waals surface area contributed by atoms with Crippen LogP contribution < -0.4 is 10.2 Å². The van der Waals surface area contributed by atoms with Crippen molar-refractivity contribution in [3.63, 3.8) is 0 Å². The lowest BCUT2D eigenvalue weighted by atomic mass is 10.1. The van der Waals surface area contributed by atoms with Gasteiger partial charge in [-0.2, -0.15) is 0 Å². The van der Waals surface area contributed by atoms with Gasteiger partial charge >= 0.3 is 0 Å². The largest absolute Gasteiger partial charge is 0.350 e. The van der Waals surface area contributed by atoms with Crippen LogP contribution in [0.1, 0.15) is 24.8 Å². The Morgan fingerprint density at radius 3 is 2.62 bits per heavy atom. The quantitative estimate of drug-likeness (QED) is 0.786. The number of aromatic nitrogens is 3. The molecule has 1 aliphatic heterocycles. The predicted octanol–water partition coefficient (Wildman–Crippen LogP) is 3.14. The molecule has 1 aliphatic rings. The van der Waals surface area contributed by atoms with Gasteiger partial charge < -0.3 is 14.8 Å². The van der Waals surface area contributed by atoms with E-state index in [1.165, 1.54) is 19.3 Å². The Hall–Kier alpha value is -2.89. The number of aryl methyl sites for hydroxylation is 1. The number of nitrogens with zero attached hydrogens (tertiary/aromatic N) is 4. The minimum atomic E-state index is -0.0596. The van der Waals surface area contributed by atoms with Crippen LogP contribution in [0.3, 0.4) is 0 Å². The molecule has 1 aromatic carbocycles. The lowest BCUT2D eigenvalue weighted by molar-refractivity contribution is -0.115. The van der Waals surface area contributed by atoms with E-state index < -0.39 is 0 Å². The van der Waals surface area contributed by atoms with E-state index in [0.29, 0.717) is 12.1 Å². The summed E-state index contributed by atoms with van der Waals surface area (Å²) in [5.74, 6) is 0.687. The smallest absolute Gasteiger partial charge is 0.228 e. The molecule has 1 fully saturated rings. The zero-order chi connectivity index (χ0) is 17.9. The standard InChI is InChI=1S/C20H23N5O/c1-24-14-15(17-7-3-4-8-18(17)24)11-19(26)23-16-12-21-20(22-13-16)25-9-5-2-6-10-25/h3-4,7-8,12-14H,2,5-6,9-11H2,1H3,(H,23,26). The molecular formula is C20H23N5O. The van der Waals surface area contributed by atoms with Gasteiger partial charge in [-0.25, -0.2) is 9.97 Å². The molecule has 1 N–H and O–H groups in total. The van der Waals surface area contributed by atoms with Crippen LogP contribution >= 0.6 is 0 Å². The number of carbonyl (C=O) groups excluding carboxylic acids is 1. The van der Waals surface area contributed by atoms with Gasteiger partial charge in [0.25, 0.3) is 0 Å². The lowest BCUT2D eigenvalue weighted by Gasteiger charge is -2.26. The van der Waals surface area contributed by atoms with Crippen molar-refractivity contribution in [1.82, 2.24) is 14.5 Å². The number of nitrogens with one attached hydrogen (secondary N) is 1. The Labute approximate surface area is 152 Å². The molecule has 6 nitrogen and oxygen atoms in total. The second kappa shape index (κ2) is 7.15. The van der Waals surface area contributed by atoms with Gasteiger partial charge in [-0.15, -0.1) is 0 Å². The van der Waals surface area contributed by atoms with Crippen molar-refractivity contribution in [3.05, 3.63) is 48.4 Å². The third-order valence-corrected chi connectivity index (χ3v) is 4.89. The molecule has 0 saturated carbocycles. The summed E-state index contributed by atoms with van der Waals surface area (Å²) in [6, 6.07) is 8.11. The van der Waals surface area contributed by atoms with Crippen LogP contribution in [0.2, 0.25) is 0 Å². The monoisotopic (exact) mass is 349 g/mol. The first-order chi connectivity index (χ1) is 12.7. The molecular weight excluding hydrogens is 326 g/mol. The van der Waals surface area contributed by atoms with Gasteiger partial charge in [0.15, 0.2) is 0 Å². The van der Waals surface area contributed by atoms with E-state index in [-0.39, 0.29) is 5.91 Å². The summed E-state index contributed by atoms with van der Waals surface area (Å²) in [4.78, 5) is 23.5. The Balaban J connectivity index is 1.43. The molecule has 0 bridgehead atoms. The summed E-state index contributed by atoms with van der Waals surface area (Å²) in [5.41, 5.74) is 2.78. The maximum absolute atomic E-state index is 12.4. The second-order valence-corrected chi connectivity index (χ2v) is 6.83. The minimum Gasteiger partial charge on any atom is -0.350 e. The number of carbonyl (C=O) groups is 1. The first-order valence-electron chi connectivity index (χ1n) is 9.10. The Bertz CT molecular complexity index is 910. The van der Waals surface area contributed by atoms with Gasteiger partial charge in [0.2, 0.25) is 11.9 Å². The molecule has 0 spiro atoms. The first kappa shape index (κ1) is 16.6. The Morgan fingerprint density at radius 2 is 1.85 bits per heavy atom. The number of hydrogen-bond acceptors (Lipinski definition) is 4. The highest BCUT2D eigenvalue weighted by Crippen LogP contribution is 2.21. The van der Waals surface area contributed by atoms with E-state index in [1.807, 2.05) is 25.4 Å². The van der Waals surface area contributed by atoms with Crippen molar-refractivity contribution in [2.45, 2.75) is 25.7 Å². The highest BCUT2D eigenvalue weighted by Gasteiger charge is 2.14. The first-order valence-corrected chi connectivity index (χ1v) is 9.10. The van der Waals surface area contributed by atoms with Crippen LogP contribution in [0.5, 0.6) is 0 Å². The van der Waals surface area contributed by atoms with Crippen molar-refractivity contribution in [3.8, 4) is 0 Å². The molecule has 1 amide bonds. The van der Waals surface area contributed by atoms with Crippen molar-refractivity contribution in [1.29, 1.82) is 0 Å². The van der Waals surface area contributed by atoms with Crippen LogP contribution in [-0.2, 0) is 18.3 Å². The summed E-state index contributed by atoms with van der Waals surface area (Å²) >= 11 is 0. The van der Waals surface area contributed by atoms with Gasteiger partial charge in [-0.05, 0) is 30.9 Å². The van der Waals surface area contributed by atoms with Crippen LogP contribution in [-0.4, -0.2) is 33.5 Å². The van der Waals surface area contributed by atoms with Gasteiger partial charge in [0, 0.05) is 37.2 Å². The average molecular weight is 349 g/mol. The molecule has 0 atom stereocenters. The van der Waals surface area contributed by atoms with Crippen LogP contribution in [0.15, 0.2) is 42.9 Å². The summed E-state index contributed by atoms with van der Waals surface area (Å²) < 4.78 is 2.05. The van der Waals surface area contributed by atoms with E-state index >= 15 is 0 Å². The lowest BCUT2D eigenvalue weighted by Crippen LogP contribution is -2.30. The topological polar surface area (TPSA) is 63.1 Å². The average Bonchev–Trinajstić information content (AvgIpc) is 2.99. The number of fused-ring (bicyclic) bond motifs is 1. The van der Waals surface area contributed by atoms with Crippen LogP contribution in [0, 0.1) is 0 Å². The molecule has 3 aromatic rings. The number of amides is 1. The summed E-state index contributed by atoms with van der Waals surface area (Å²) in [6.45, 7) is 2.01. The number of rotatable bonds is 4. The van der Waals surface area contributed by atoms with Gasteiger partial charge in [0.05, 0.1) is 24.5 Å². The zero-order valence-corrected chi connectivity index (χ0v) is 15.0. The van der Waals surface area contributed by atoms with Crippen LogP contribution in [0.25, 0.3) is 10.9 Å². The van der Waals surface area contributed by atoms with Gasteiger partial charge in [-0.1, -0.05) is 18.2 Å². The highest BCUT2D eigenvalue weighted by molar-refractivity contribution is 5.95. The second-order valence-electron chi connectivity index (χ2n) is 6.83. The van der Waals surface area contributed by atoms with Gasteiger partial charge in [0.1, 0.15) is 0 Å². The molecule has 3 heterocycles. The van der Waals surface area contributed by atoms with Crippen molar-refractivity contribution in [2.24, 2.45) is 7.05 Å². The summed E-state index contributed by atoms with van der Waals surface area (Å²) in [7, 11) is 2.00. The highest BCUT2D eigenvalue weighted by atomic mass is 16.1. The molecule has 0 unspecified atom stereocenters. The third-order valence-electron chi connectivity index (χ3n) is 4.89. The maximum Gasteiger partial charge on any atom is 0.228 e. The fraction of sp³-hybridized carbons (Fsp3) is 0.350. The van der Waals surface area contributed by atoms with Crippen molar-refractivity contribution in [2.75, 3.05) is 23.3 Å². The van der Waals surface area contributed by atoms with E-state index in [4.69, 9.17) is 0 Å². The minimum absolute atomic E-state index is 0.0596. The molecule has 1 saturated heterocycles. The number of anilines is 2. The van der Waals surface area contributed by atoms with E-state index in [0.717, 1.165) is 35.5 Å². The van der Waals surface area contributed by atoms with Crippen molar-refractivity contribution < 1.29 is 4.79 Å². The number of hydrogen-bond donors (Lipinski definition) is 1. The van der Waals surface area contributed by atoms with E-state index in [1.54, 1.807) is 12.4 Å². The Kier molecular flexibility index (Phi) is 4.56. The molecule has 2 aromatic heterocycles. The fourth-order valence-corrected chi connectivity index (χ4v) is 3.59. The van der Waals surface area contributed by atoms with E-state index in [2.05, 4.69) is 36.9 Å².